The number of aromatic hydroxyl groups is 1. The lowest BCUT2D eigenvalue weighted by Gasteiger charge is -2.40. The second-order valence-electron chi connectivity index (χ2n) is 10.2. The third-order valence-corrected chi connectivity index (χ3v) is 7.32. The molecule has 42 heavy (non-hydrogen) atoms. The molecule has 4 N–H and O–H groups in total. The third kappa shape index (κ3) is 5.71. The highest BCUT2D eigenvalue weighted by atomic mass is 16.4. The first-order valence-electron chi connectivity index (χ1n) is 13.4. The number of nitrogens with one attached hydrogen (secondary N) is 2. The number of urea groups is 1. The van der Waals surface area contributed by atoms with Gasteiger partial charge in [0, 0.05) is 34.2 Å². The Labute approximate surface area is 243 Å². The lowest BCUT2D eigenvalue weighted by Crippen LogP contribution is -2.60. The Morgan fingerprint density at radius 2 is 1.67 bits per heavy atom. The minimum Gasteiger partial charge on any atom is -0.505 e. The van der Waals surface area contributed by atoms with E-state index in [2.05, 4.69) is 10.6 Å². The number of nitrogens with zero attached hydrogens (tertiary/aromatic N) is 4. The maximum atomic E-state index is 13.5. The number of rotatable bonds is 8. The van der Waals surface area contributed by atoms with Crippen molar-refractivity contribution in [3.05, 3.63) is 71.1 Å². The minimum atomic E-state index is -1.34. The molecular weight excluding hydrogens is 544 g/mol. The van der Waals surface area contributed by atoms with Crippen LogP contribution >= 0.6 is 0 Å². The molecule has 222 valence electrons. The lowest BCUT2D eigenvalue weighted by molar-refractivity contribution is -0.144. The van der Waals surface area contributed by atoms with Crippen LogP contribution in [0.15, 0.2) is 59.9 Å². The molecule has 0 saturated carbocycles. The molecule has 2 aromatic carbocycles. The maximum absolute atomic E-state index is 13.5. The van der Waals surface area contributed by atoms with Crippen molar-refractivity contribution in [2.24, 2.45) is 0 Å². The van der Waals surface area contributed by atoms with Gasteiger partial charge in [-0.2, -0.15) is 0 Å². The number of carboxylic acid groups (broad SMARTS) is 1. The molecule has 13 nitrogen and oxygen atoms in total. The van der Waals surface area contributed by atoms with Gasteiger partial charge in [0.05, 0.1) is 23.8 Å². The normalized spacial score (nSPS) is 17.8. The van der Waals surface area contributed by atoms with Gasteiger partial charge < -0.3 is 35.5 Å². The first-order chi connectivity index (χ1) is 20.0. The fourth-order valence-electron chi connectivity index (χ4n) is 4.97. The summed E-state index contributed by atoms with van der Waals surface area (Å²) in [4.78, 5) is 68.7. The van der Waals surface area contributed by atoms with Crippen LogP contribution in [0.3, 0.4) is 0 Å². The molecule has 2 atom stereocenters. The number of phenols is 1. The van der Waals surface area contributed by atoms with Gasteiger partial charge in [-0.3, -0.25) is 19.3 Å². The lowest BCUT2D eigenvalue weighted by atomic mass is 10.0. The van der Waals surface area contributed by atoms with Gasteiger partial charge in [0.25, 0.3) is 17.7 Å². The van der Waals surface area contributed by atoms with E-state index in [1.54, 1.807) is 14.1 Å². The SMILES string of the molecule is CC[C@@H](NC1=C(Nc2cccc(C(=O)N3CCN(C(=O)N(C)C)CC3C(=O)O)c2O)C(=O)N(C)C1=O)c1ccccc1. The Hall–Kier alpha value is -5.07. The van der Waals surface area contributed by atoms with E-state index in [0.29, 0.717) is 6.42 Å². The van der Waals surface area contributed by atoms with Crippen molar-refractivity contribution in [1.29, 1.82) is 0 Å². The second kappa shape index (κ2) is 12.2. The molecule has 2 heterocycles. The molecule has 0 aromatic heterocycles. The average molecular weight is 579 g/mol. The Bertz CT molecular complexity index is 1440. The summed E-state index contributed by atoms with van der Waals surface area (Å²) in [5.74, 6) is -3.76. The number of imide groups is 1. The third-order valence-electron chi connectivity index (χ3n) is 7.32. The number of phenolic OH excluding ortho intramolecular Hbond substituents is 1. The van der Waals surface area contributed by atoms with E-state index in [-0.39, 0.29) is 54.4 Å². The molecule has 4 rings (SSSR count). The summed E-state index contributed by atoms with van der Waals surface area (Å²) in [5.41, 5.74) is 0.609. The number of carbonyl (C=O) groups is 5. The molecule has 0 bridgehead atoms. The van der Waals surface area contributed by atoms with Crippen LogP contribution in [0.2, 0.25) is 0 Å². The van der Waals surface area contributed by atoms with Gasteiger partial charge in [0.1, 0.15) is 17.4 Å². The van der Waals surface area contributed by atoms with E-state index in [9.17, 15) is 34.2 Å². The first-order valence-corrected chi connectivity index (χ1v) is 13.4. The van der Waals surface area contributed by atoms with Gasteiger partial charge in [-0.1, -0.05) is 43.3 Å². The number of anilines is 1. The Balaban J connectivity index is 1.63. The summed E-state index contributed by atoms with van der Waals surface area (Å²) in [6.45, 7) is 1.75. The second-order valence-corrected chi connectivity index (χ2v) is 10.2. The summed E-state index contributed by atoms with van der Waals surface area (Å²) in [5, 5.41) is 26.9. The number of carbonyl (C=O) groups excluding carboxylic acids is 4. The number of hydrogen-bond donors (Lipinski definition) is 4. The van der Waals surface area contributed by atoms with E-state index in [1.807, 2.05) is 37.3 Å². The number of aliphatic carboxylic acids is 1. The number of likely N-dealkylation sites (N-methyl/N-ethyl adjacent to an activating group) is 1. The monoisotopic (exact) mass is 578 g/mol. The van der Waals surface area contributed by atoms with Crippen LogP contribution in [0.5, 0.6) is 5.75 Å². The molecule has 1 fully saturated rings. The highest BCUT2D eigenvalue weighted by Gasteiger charge is 2.40. The van der Waals surface area contributed by atoms with Crippen molar-refractivity contribution >= 4 is 35.4 Å². The van der Waals surface area contributed by atoms with Gasteiger partial charge in [-0.25, -0.2) is 9.59 Å². The van der Waals surface area contributed by atoms with Crippen LogP contribution in [0.4, 0.5) is 10.5 Å². The van der Waals surface area contributed by atoms with Crippen molar-refractivity contribution in [3.63, 3.8) is 0 Å². The predicted molar refractivity (Wildman–Crippen MR) is 152 cm³/mol. The maximum Gasteiger partial charge on any atom is 0.328 e. The molecule has 13 heteroatoms. The predicted octanol–water partition coefficient (Wildman–Crippen LogP) is 1.65. The van der Waals surface area contributed by atoms with E-state index < -0.39 is 35.5 Å². The van der Waals surface area contributed by atoms with Crippen molar-refractivity contribution < 1.29 is 34.2 Å². The molecule has 2 aromatic rings. The van der Waals surface area contributed by atoms with Gasteiger partial charge in [-0.15, -0.1) is 0 Å². The zero-order valence-corrected chi connectivity index (χ0v) is 23.8. The van der Waals surface area contributed by atoms with Gasteiger partial charge in [0.15, 0.2) is 5.75 Å². The quantitative estimate of drug-likeness (QED) is 0.269. The number of benzene rings is 2. The Morgan fingerprint density at radius 3 is 2.29 bits per heavy atom. The van der Waals surface area contributed by atoms with Gasteiger partial charge in [-0.05, 0) is 24.1 Å². The van der Waals surface area contributed by atoms with Crippen molar-refractivity contribution in [2.45, 2.75) is 25.4 Å². The van der Waals surface area contributed by atoms with E-state index in [0.717, 1.165) is 15.4 Å². The number of hydrogen-bond acceptors (Lipinski definition) is 8. The number of piperazine rings is 1. The number of amides is 5. The van der Waals surface area contributed by atoms with E-state index in [1.165, 1.54) is 35.0 Å². The fourth-order valence-corrected chi connectivity index (χ4v) is 4.97. The van der Waals surface area contributed by atoms with Gasteiger partial charge in [0.2, 0.25) is 0 Å². The van der Waals surface area contributed by atoms with Crippen molar-refractivity contribution in [1.82, 2.24) is 24.9 Å². The largest absolute Gasteiger partial charge is 0.505 e. The molecular formula is C29H34N6O7. The molecule has 2 aliphatic rings. The van der Waals surface area contributed by atoms with E-state index >= 15 is 0 Å². The van der Waals surface area contributed by atoms with Crippen LogP contribution in [0, 0.1) is 0 Å². The summed E-state index contributed by atoms with van der Waals surface area (Å²) in [6, 6.07) is 11.7. The molecule has 1 saturated heterocycles. The summed E-state index contributed by atoms with van der Waals surface area (Å²) < 4.78 is 0. The average Bonchev–Trinajstić information content (AvgIpc) is 3.18. The van der Waals surface area contributed by atoms with Crippen LogP contribution in [-0.4, -0.2) is 106 Å². The zero-order valence-electron chi connectivity index (χ0n) is 23.8. The number of para-hydroxylation sites is 1. The van der Waals surface area contributed by atoms with E-state index in [4.69, 9.17) is 0 Å². The topological polar surface area (TPSA) is 163 Å². The fraction of sp³-hybridized carbons (Fsp3) is 0.345. The highest BCUT2D eigenvalue weighted by Crippen LogP contribution is 2.33. The van der Waals surface area contributed by atoms with Gasteiger partial charge >= 0.3 is 12.0 Å². The standard InChI is InChI=1S/C29H34N6O7/c1-5-19(17-10-7-6-8-11-17)30-22-23(27(39)33(4)26(22)38)31-20-13-9-12-18(24(20)36)25(37)35-15-14-34(29(42)32(2)3)16-21(35)28(40)41/h6-13,19,21,30-31,36H,5,14-16H2,1-4H3,(H,40,41)/t19-,21?/m1/s1. The van der Waals surface area contributed by atoms with Crippen LogP contribution in [-0.2, 0) is 14.4 Å². The molecule has 1 unspecified atom stereocenters. The molecule has 0 radical (unpaired) electrons. The van der Waals surface area contributed by atoms with Crippen LogP contribution in [0.25, 0.3) is 0 Å². The Kier molecular flexibility index (Phi) is 8.69. The molecule has 0 aliphatic carbocycles. The molecule has 5 amide bonds. The van der Waals surface area contributed by atoms with Crippen LogP contribution < -0.4 is 10.6 Å². The Morgan fingerprint density at radius 1 is 1.00 bits per heavy atom. The molecule has 0 spiro atoms. The smallest absolute Gasteiger partial charge is 0.328 e. The van der Waals surface area contributed by atoms with Crippen molar-refractivity contribution in [2.75, 3.05) is 46.1 Å². The summed E-state index contributed by atoms with van der Waals surface area (Å²) in [6.07, 6.45) is 0.610. The summed E-state index contributed by atoms with van der Waals surface area (Å²) >= 11 is 0. The minimum absolute atomic E-state index is 0.0157. The first kappa shape index (κ1) is 29.9. The zero-order chi connectivity index (χ0) is 30.7. The van der Waals surface area contributed by atoms with Crippen LogP contribution in [0.1, 0.15) is 35.3 Å². The number of carboxylic acids is 1. The van der Waals surface area contributed by atoms with Crippen molar-refractivity contribution in [3.8, 4) is 5.75 Å². The molecule has 2 aliphatic heterocycles. The summed E-state index contributed by atoms with van der Waals surface area (Å²) in [7, 11) is 4.44. The highest BCUT2D eigenvalue weighted by molar-refractivity contribution is 6.20.